The third kappa shape index (κ3) is 5.51. The topological polar surface area (TPSA) is 78.3 Å². The molecule has 1 atom stereocenters. The summed E-state index contributed by atoms with van der Waals surface area (Å²) in [5, 5.41) is 11.9. The van der Waals surface area contributed by atoms with Crippen molar-refractivity contribution >= 4 is 39.3 Å². The van der Waals surface area contributed by atoms with Crippen LogP contribution in [0.15, 0.2) is 58.2 Å². The Labute approximate surface area is 181 Å². The lowest BCUT2D eigenvalue weighted by Gasteiger charge is -2.14. The SMILES string of the molecule is COc1cccc(OC(C)c2nnc(SCC(=O)Nc3ccccc3Br)n2C)c1. The maximum Gasteiger partial charge on any atom is 0.234 e. The van der Waals surface area contributed by atoms with E-state index in [0.29, 0.717) is 16.7 Å². The van der Waals surface area contributed by atoms with Crippen LogP contribution in [-0.4, -0.2) is 33.5 Å². The lowest BCUT2D eigenvalue weighted by molar-refractivity contribution is -0.113. The van der Waals surface area contributed by atoms with Gasteiger partial charge in [0.05, 0.1) is 18.6 Å². The van der Waals surface area contributed by atoms with Gasteiger partial charge in [0.1, 0.15) is 11.5 Å². The molecule has 1 N–H and O–H groups in total. The normalized spacial score (nSPS) is 11.7. The molecule has 0 radical (unpaired) electrons. The molecular weight excluding hydrogens is 456 g/mol. The van der Waals surface area contributed by atoms with E-state index in [1.54, 1.807) is 7.11 Å². The highest BCUT2D eigenvalue weighted by atomic mass is 79.9. The molecule has 7 nitrogen and oxygen atoms in total. The monoisotopic (exact) mass is 476 g/mol. The van der Waals surface area contributed by atoms with E-state index in [9.17, 15) is 4.79 Å². The molecule has 0 aliphatic rings. The Morgan fingerprint density at radius 1 is 1.21 bits per heavy atom. The van der Waals surface area contributed by atoms with E-state index in [4.69, 9.17) is 9.47 Å². The van der Waals surface area contributed by atoms with E-state index in [0.717, 1.165) is 15.9 Å². The van der Waals surface area contributed by atoms with Gasteiger partial charge in [-0.2, -0.15) is 0 Å². The van der Waals surface area contributed by atoms with Crippen molar-refractivity contribution in [2.45, 2.75) is 18.2 Å². The Balaban J connectivity index is 1.59. The molecule has 1 amide bonds. The van der Waals surface area contributed by atoms with Gasteiger partial charge in [0.25, 0.3) is 0 Å². The number of nitrogens with zero attached hydrogens (tertiary/aromatic N) is 3. The number of para-hydroxylation sites is 1. The molecule has 0 saturated heterocycles. The minimum absolute atomic E-state index is 0.118. The molecule has 152 valence electrons. The summed E-state index contributed by atoms with van der Waals surface area (Å²) in [7, 11) is 3.47. The van der Waals surface area contributed by atoms with Crippen LogP contribution in [0.4, 0.5) is 5.69 Å². The van der Waals surface area contributed by atoms with Gasteiger partial charge in [-0.1, -0.05) is 30.0 Å². The first-order chi connectivity index (χ1) is 14.0. The molecule has 9 heteroatoms. The Kier molecular flexibility index (Phi) is 7.16. The Morgan fingerprint density at radius 3 is 2.72 bits per heavy atom. The van der Waals surface area contributed by atoms with E-state index < -0.39 is 0 Å². The molecule has 2 aromatic carbocycles. The van der Waals surface area contributed by atoms with Gasteiger partial charge in [-0.15, -0.1) is 10.2 Å². The van der Waals surface area contributed by atoms with E-state index in [1.165, 1.54) is 11.8 Å². The lowest BCUT2D eigenvalue weighted by Crippen LogP contribution is -2.15. The van der Waals surface area contributed by atoms with Crippen LogP contribution in [0.3, 0.4) is 0 Å². The van der Waals surface area contributed by atoms with Gasteiger partial charge < -0.3 is 19.4 Å². The quantitative estimate of drug-likeness (QED) is 0.483. The average Bonchev–Trinajstić information content (AvgIpc) is 3.09. The number of carbonyl (C=O) groups excluding carboxylic acids is 1. The number of nitrogens with one attached hydrogen (secondary N) is 1. The zero-order chi connectivity index (χ0) is 20.8. The molecule has 0 bridgehead atoms. The molecule has 1 unspecified atom stereocenters. The Hall–Kier alpha value is -2.52. The summed E-state index contributed by atoms with van der Waals surface area (Å²) in [6, 6.07) is 14.9. The average molecular weight is 477 g/mol. The van der Waals surface area contributed by atoms with Gasteiger partial charge in [-0.25, -0.2) is 0 Å². The molecule has 29 heavy (non-hydrogen) atoms. The molecule has 0 spiro atoms. The van der Waals surface area contributed by atoms with Crippen molar-refractivity contribution in [1.82, 2.24) is 14.8 Å². The maximum absolute atomic E-state index is 12.2. The highest BCUT2D eigenvalue weighted by molar-refractivity contribution is 9.10. The van der Waals surface area contributed by atoms with Crippen molar-refractivity contribution in [3.8, 4) is 11.5 Å². The predicted molar refractivity (Wildman–Crippen MR) is 117 cm³/mol. The number of benzene rings is 2. The fourth-order valence-corrected chi connectivity index (χ4v) is 3.72. The number of halogens is 1. The number of amides is 1. The summed E-state index contributed by atoms with van der Waals surface area (Å²) in [4.78, 5) is 12.2. The first kappa shape index (κ1) is 21.2. The van der Waals surface area contributed by atoms with Crippen molar-refractivity contribution in [2.75, 3.05) is 18.2 Å². The fraction of sp³-hybridized carbons (Fsp3) is 0.250. The van der Waals surface area contributed by atoms with Crippen LogP contribution in [0.25, 0.3) is 0 Å². The number of rotatable bonds is 8. The third-order valence-corrected chi connectivity index (χ3v) is 5.78. The molecule has 0 aliphatic carbocycles. The molecule has 0 fully saturated rings. The summed E-state index contributed by atoms with van der Waals surface area (Å²) in [5.41, 5.74) is 0.733. The van der Waals surface area contributed by atoms with Crippen LogP contribution >= 0.6 is 27.7 Å². The van der Waals surface area contributed by atoms with Gasteiger partial charge in [0.2, 0.25) is 5.91 Å². The Bertz CT molecular complexity index is 995. The van der Waals surface area contributed by atoms with Gasteiger partial charge in [-0.05, 0) is 47.1 Å². The maximum atomic E-state index is 12.2. The highest BCUT2D eigenvalue weighted by Crippen LogP contribution is 2.26. The largest absolute Gasteiger partial charge is 0.497 e. The number of methoxy groups -OCH3 is 1. The zero-order valence-corrected chi connectivity index (χ0v) is 18.7. The second kappa shape index (κ2) is 9.80. The van der Waals surface area contributed by atoms with Crippen LogP contribution in [-0.2, 0) is 11.8 Å². The van der Waals surface area contributed by atoms with E-state index >= 15 is 0 Å². The summed E-state index contributed by atoms with van der Waals surface area (Å²) in [6.45, 7) is 1.90. The second-order valence-electron chi connectivity index (χ2n) is 6.16. The van der Waals surface area contributed by atoms with Gasteiger partial charge in [0, 0.05) is 17.6 Å². The lowest BCUT2D eigenvalue weighted by atomic mass is 10.3. The summed E-state index contributed by atoms with van der Waals surface area (Å²) in [5.74, 6) is 2.17. The van der Waals surface area contributed by atoms with Crippen molar-refractivity contribution in [2.24, 2.45) is 7.05 Å². The van der Waals surface area contributed by atoms with Crippen LogP contribution in [0.5, 0.6) is 11.5 Å². The van der Waals surface area contributed by atoms with Crippen LogP contribution in [0.1, 0.15) is 18.9 Å². The van der Waals surface area contributed by atoms with Crippen molar-refractivity contribution in [3.05, 3.63) is 58.8 Å². The fourth-order valence-electron chi connectivity index (χ4n) is 2.62. The first-order valence-corrected chi connectivity index (χ1v) is 10.6. The Morgan fingerprint density at radius 2 is 1.97 bits per heavy atom. The molecule has 1 aromatic heterocycles. The summed E-state index contributed by atoms with van der Waals surface area (Å²) < 4.78 is 13.8. The van der Waals surface area contributed by atoms with Gasteiger partial charge in [0.15, 0.2) is 17.1 Å². The number of hydrogen-bond donors (Lipinski definition) is 1. The van der Waals surface area contributed by atoms with E-state index in [1.807, 2.05) is 67.1 Å². The first-order valence-electron chi connectivity index (χ1n) is 8.85. The van der Waals surface area contributed by atoms with Gasteiger partial charge in [-0.3, -0.25) is 4.79 Å². The predicted octanol–water partition coefficient (Wildman–Crippen LogP) is 4.46. The number of ether oxygens (including phenoxy) is 2. The molecule has 3 aromatic rings. The van der Waals surface area contributed by atoms with Gasteiger partial charge >= 0.3 is 0 Å². The number of thioether (sulfide) groups is 1. The number of carbonyl (C=O) groups is 1. The van der Waals surface area contributed by atoms with E-state index in [-0.39, 0.29) is 17.8 Å². The molecule has 1 heterocycles. The number of hydrogen-bond acceptors (Lipinski definition) is 6. The standard InChI is InChI=1S/C20H21BrN4O3S/c1-13(28-15-8-6-7-14(11-15)27-3)19-23-24-20(25(19)2)29-12-18(26)22-17-10-5-4-9-16(17)21/h4-11,13H,12H2,1-3H3,(H,22,26). The van der Waals surface area contributed by atoms with Crippen molar-refractivity contribution < 1.29 is 14.3 Å². The minimum atomic E-state index is -0.317. The third-order valence-electron chi connectivity index (χ3n) is 4.07. The highest BCUT2D eigenvalue weighted by Gasteiger charge is 2.18. The summed E-state index contributed by atoms with van der Waals surface area (Å²) >= 11 is 4.74. The smallest absolute Gasteiger partial charge is 0.234 e. The molecule has 3 rings (SSSR count). The van der Waals surface area contributed by atoms with Crippen LogP contribution in [0, 0.1) is 0 Å². The second-order valence-corrected chi connectivity index (χ2v) is 7.95. The summed E-state index contributed by atoms with van der Waals surface area (Å²) in [6.07, 6.45) is -0.317. The minimum Gasteiger partial charge on any atom is -0.497 e. The van der Waals surface area contributed by atoms with Crippen molar-refractivity contribution in [1.29, 1.82) is 0 Å². The number of anilines is 1. The van der Waals surface area contributed by atoms with E-state index in [2.05, 4.69) is 31.4 Å². The molecular formula is C20H21BrN4O3S. The zero-order valence-electron chi connectivity index (χ0n) is 16.3. The number of aromatic nitrogens is 3. The van der Waals surface area contributed by atoms with Crippen LogP contribution in [0.2, 0.25) is 0 Å². The molecule has 0 saturated carbocycles. The molecule has 0 aliphatic heterocycles. The van der Waals surface area contributed by atoms with Crippen LogP contribution < -0.4 is 14.8 Å². The van der Waals surface area contributed by atoms with Crippen molar-refractivity contribution in [3.63, 3.8) is 0 Å².